The van der Waals surface area contributed by atoms with Gasteiger partial charge < -0.3 is 5.32 Å². The predicted molar refractivity (Wildman–Crippen MR) is 38.1 cm³/mol. The molecule has 0 heterocycles. The van der Waals surface area contributed by atoms with E-state index >= 15 is 0 Å². The Kier molecular flexibility index (Phi) is 3.42. The van der Waals surface area contributed by atoms with Crippen LogP contribution in [0.25, 0.3) is 0 Å². The fourth-order valence-electron chi connectivity index (χ4n) is 0.701. The Bertz CT molecular complexity index is 137. The smallest absolute Gasteiger partial charge is 0.386 e. The molecule has 0 radical (unpaired) electrons. The lowest BCUT2D eigenvalue weighted by Crippen LogP contribution is -2.24. The van der Waals surface area contributed by atoms with E-state index in [2.05, 4.69) is 11.9 Å². The zero-order chi connectivity index (χ0) is 9.07. The van der Waals surface area contributed by atoms with Crippen molar-refractivity contribution in [2.45, 2.75) is 32.5 Å². The minimum Gasteiger partial charge on any atom is -0.386 e. The van der Waals surface area contributed by atoms with Crippen molar-refractivity contribution in [3.63, 3.8) is 0 Å². The highest BCUT2D eigenvalue weighted by Crippen LogP contribution is 2.22. The van der Waals surface area contributed by atoms with Gasteiger partial charge in [-0.05, 0) is 13.8 Å². The first-order valence-corrected chi connectivity index (χ1v) is 3.32. The molecule has 0 aliphatic heterocycles. The fourth-order valence-corrected chi connectivity index (χ4v) is 0.701. The Morgan fingerprint density at radius 3 is 2.18 bits per heavy atom. The first-order valence-electron chi connectivity index (χ1n) is 3.32. The SMILES string of the molecule is C=C(CC(F)(F)F)NC(C)C. The van der Waals surface area contributed by atoms with Gasteiger partial charge in [-0.3, -0.25) is 0 Å². The molecule has 0 rings (SSSR count). The molecule has 0 aliphatic carbocycles. The van der Waals surface area contributed by atoms with Gasteiger partial charge in [0.25, 0.3) is 0 Å². The number of hydrogen-bond donors (Lipinski definition) is 1. The molecule has 0 amide bonds. The van der Waals surface area contributed by atoms with Crippen molar-refractivity contribution in [2.24, 2.45) is 0 Å². The first kappa shape index (κ1) is 10.3. The van der Waals surface area contributed by atoms with Crippen LogP contribution in [0.3, 0.4) is 0 Å². The normalized spacial score (nSPS) is 11.8. The van der Waals surface area contributed by atoms with Gasteiger partial charge in [-0.25, -0.2) is 0 Å². The molecule has 0 unspecified atom stereocenters. The molecule has 0 aromatic rings. The maximum atomic E-state index is 11.7. The molecule has 0 spiro atoms. The average molecular weight is 167 g/mol. The second-order valence-electron chi connectivity index (χ2n) is 2.69. The van der Waals surface area contributed by atoms with E-state index in [1.54, 1.807) is 13.8 Å². The molecular formula is C7H12F3N. The van der Waals surface area contributed by atoms with Crippen molar-refractivity contribution in [3.8, 4) is 0 Å². The third-order valence-corrected chi connectivity index (χ3v) is 0.907. The predicted octanol–water partition coefficient (Wildman–Crippen LogP) is 2.45. The molecule has 66 valence electrons. The summed E-state index contributed by atoms with van der Waals surface area (Å²) in [7, 11) is 0. The average Bonchev–Trinajstić information content (AvgIpc) is 1.53. The maximum Gasteiger partial charge on any atom is 0.394 e. The summed E-state index contributed by atoms with van der Waals surface area (Å²) < 4.78 is 35.0. The van der Waals surface area contributed by atoms with Gasteiger partial charge in [0, 0.05) is 11.7 Å². The summed E-state index contributed by atoms with van der Waals surface area (Å²) in [6, 6.07) is 0.00449. The Morgan fingerprint density at radius 1 is 1.45 bits per heavy atom. The molecule has 4 heteroatoms. The topological polar surface area (TPSA) is 12.0 Å². The van der Waals surface area contributed by atoms with Gasteiger partial charge in [-0.1, -0.05) is 6.58 Å². The third kappa shape index (κ3) is 7.22. The zero-order valence-corrected chi connectivity index (χ0v) is 6.63. The van der Waals surface area contributed by atoms with Crippen LogP contribution in [0.4, 0.5) is 13.2 Å². The van der Waals surface area contributed by atoms with E-state index in [9.17, 15) is 13.2 Å². The largest absolute Gasteiger partial charge is 0.394 e. The molecule has 0 fully saturated rings. The third-order valence-electron chi connectivity index (χ3n) is 0.907. The van der Waals surface area contributed by atoms with Crippen molar-refractivity contribution in [2.75, 3.05) is 0 Å². The summed E-state index contributed by atoms with van der Waals surface area (Å²) >= 11 is 0. The van der Waals surface area contributed by atoms with Crippen LogP contribution >= 0.6 is 0 Å². The van der Waals surface area contributed by atoms with E-state index < -0.39 is 12.6 Å². The standard InChI is InChI=1S/C7H12F3N/c1-5(2)11-6(3)4-7(8,9)10/h5,11H,3-4H2,1-2H3. The van der Waals surface area contributed by atoms with Gasteiger partial charge in [0.2, 0.25) is 0 Å². The van der Waals surface area contributed by atoms with E-state index in [0.29, 0.717) is 0 Å². The van der Waals surface area contributed by atoms with Gasteiger partial charge >= 0.3 is 6.18 Å². The first-order chi connectivity index (χ1) is 4.81. The molecule has 0 bridgehead atoms. The summed E-state index contributed by atoms with van der Waals surface area (Å²) in [6.07, 6.45) is -5.11. The lowest BCUT2D eigenvalue weighted by molar-refractivity contribution is -0.127. The van der Waals surface area contributed by atoms with Crippen LogP contribution in [0, 0.1) is 0 Å². The Balaban J connectivity index is 3.71. The van der Waals surface area contributed by atoms with Crippen molar-refractivity contribution < 1.29 is 13.2 Å². The van der Waals surface area contributed by atoms with Crippen LogP contribution in [0.1, 0.15) is 20.3 Å². The maximum absolute atomic E-state index is 11.7. The summed E-state index contributed by atoms with van der Waals surface area (Å²) in [4.78, 5) is 0. The number of alkyl halides is 3. The van der Waals surface area contributed by atoms with Gasteiger partial charge in [0.1, 0.15) is 0 Å². The molecule has 0 atom stereocenters. The van der Waals surface area contributed by atoms with Gasteiger partial charge in [0.15, 0.2) is 0 Å². The number of nitrogens with one attached hydrogen (secondary N) is 1. The van der Waals surface area contributed by atoms with Crippen LogP contribution in [0.5, 0.6) is 0 Å². The van der Waals surface area contributed by atoms with Crippen molar-refractivity contribution in [1.82, 2.24) is 5.32 Å². The molecular weight excluding hydrogens is 155 g/mol. The van der Waals surface area contributed by atoms with Crippen molar-refractivity contribution in [3.05, 3.63) is 12.3 Å². The molecule has 0 aromatic heterocycles. The van der Waals surface area contributed by atoms with E-state index in [1.807, 2.05) is 0 Å². The second-order valence-corrected chi connectivity index (χ2v) is 2.69. The van der Waals surface area contributed by atoms with E-state index in [1.165, 1.54) is 0 Å². The summed E-state index contributed by atoms with van der Waals surface area (Å²) in [5.74, 6) is 0. The van der Waals surface area contributed by atoms with Crippen molar-refractivity contribution >= 4 is 0 Å². The quantitative estimate of drug-likeness (QED) is 0.680. The van der Waals surface area contributed by atoms with Crippen LogP contribution in [-0.2, 0) is 0 Å². The monoisotopic (exact) mass is 167 g/mol. The van der Waals surface area contributed by atoms with E-state index in [-0.39, 0.29) is 11.7 Å². The number of allylic oxidation sites excluding steroid dienone is 1. The molecule has 0 aliphatic rings. The van der Waals surface area contributed by atoms with Crippen LogP contribution in [-0.4, -0.2) is 12.2 Å². The highest BCUT2D eigenvalue weighted by atomic mass is 19.4. The van der Waals surface area contributed by atoms with Crippen LogP contribution < -0.4 is 5.32 Å². The Hall–Kier alpha value is -0.670. The minimum absolute atomic E-state index is 0.00449. The van der Waals surface area contributed by atoms with Crippen LogP contribution in [0.15, 0.2) is 12.3 Å². The summed E-state index contributed by atoms with van der Waals surface area (Å²) in [6.45, 7) is 6.78. The van der Waals surface area contributed by atoms with Gasteiger partial charge in [0.05, 0.1) is 6.42 Å². The highest BCUT2D eigenvalue weighted by molar-refractivity contribution is 4.94. The summed E-state index contributed by atoms with van der Waals surface area (Å²) in [5.41, 5.74) is 0.0208. The second kappa shape index (κ2) is 3.64. The number of hydrogen-bond acceptors (Lipinski definition) is 1. The zero-order valence-electron chi connectivity index (χ0n) is 6.63. The highest BCUT2D eigenvalue weighted by Gasteiger charge is 2.28. The lowest BCUT2D eigenvalue weighted by Gasteiger charge is -2.14. The van der Waals surface area contributed by atoms with Crippen LogP contribution in [0.2, 0.25) is 0 Å². The molecule has 1 nitrogen and oxygen atoms in total. The van der Waals surface area contributed by atoms with Gasteiger partial charge in [-0.2, -0.15) is 13.2 Å². The van der Waals surface area contributed by atoms with E-state index in [0.717, 1.165) is 0 Å². The number of halogens is 3. The number of rotatable bonds is 3. The molecule has 0 aromatic carbocycles. The molecule has 11 heavy (non-hydrogen) atoms. The summed E-state index contributed by atoms with van der Waals surface area (Å²) in [5, 5.41) is 2.58. The fraction of sp³-hybridized carbons (Fsp3) is 0.714. The Labute approximate surface area is 64.3 Å². The van der Waals surface area contributed by atoms with Crippen molar-refractivity contribution in [1.29, 1.82) is 0 Å². The lowest BCUT2D eigenvalue weighted by atomic mass is 10.3. The van der Waals surface area contributed by atoms with E-state index in [4.69, 9.17) is 0 Å². The minimum atomic E-state index is -4.15. The molecule has 1 N–H and O–H groups in total. The van der Waals surface area contributed by atoms with Gasteiger partial charge in [-0.15, -0.1) is 0 Å². The Morgan fingerprint density at radius 2 is 1.91 bits per heavy atom. The molecule has 0 saturated heterocycles. The molecule has 0 saturated carbocycles.